The molecule has 1 heterocycles. The topological polar surface area (TPSA) is 93.3 Å². The van der Waals surface area contributed by atoms with Crippen molar-refractivity contribution < 1.29 is 14.8 Å². The van der Waals surface area contributed by atoms with Crippen LogP contribution in [0.3, 0.4) is 0 Å². The maximum Gasteiger partial charge on any atom is 0.310 e. The molecule has 0 amide bonds. The Morgan fingerprint density at radius 2 is 2.10 bits per heavy atom. The van der Waals surface area contributed by atoms with Gasteiger partial charge in [0.15, 0.2) is 11.5 Å². The molecule has 0 spiro atoms. The Morgan fingerprint density at radius 1 is 1.35 bits per heavy atom. The number of carbonyl (C=O) groups is 1. The predicted molar refractivity (Wildman–Crippen MR) is 71.8 cm³/mol. The maximum absolute atomic E-state index is 12.0. The average molecular weight is 272 g/mol. The van der Waals surface area contributed by atoms with Crippen molar-refractivity contribution in [1.82, 2.24) is 4.98 Å². The van der Waals surface area contributed by atoms with E-state index >= 15 is 0 Å². The fourth-order valence-corrected chi connectivity index (χ4v) is 1.80. The van der Waals surface area contributed by atoms with Crippen molar-refractivity contribution in [2.75, 3.05) is 0 Å². The van der Waals surface area contributed by atoms with Crippen LogP contribution in [0.5, 0.6) is 5.75 Å². The third-order valence-electron chi connectivity index (χ3n) is 2.78. The highest BCUT2D eigenvalue weighted by Crippen LogP contribution is 2.26. The van der Waals surface area contributed by atoms with Gasteiger partial charge in [0.2, 0.25) is 0 Å². The number of phenolic OH excluding ortho intramolecular Hbond substituents is 1. The second-order valence-electron chi connectivity index (χ2n) is 4.34. The van der Waals surface area contributed by atoms with E-state index in [1.165, 1.54) is 18.2 Å². The summed E-state index contributed by atoms with van der Waals surface area (Å²) in [7, 11) is 0. The Kier molecular flexibility index (Phi) is 3.74. The Hall–Kier alpha value is -2.76. The molecule has 0 aliphatic carbocycles. The molecule has 1 aromatic heterocycles. The number of nitro groups is 1. The number of carbonyl (C=O) groups excluding carboxylic acids is 1. The van der Waals surface area contributed by atoms with Crippen molar-refractivity contribution in [1.29, 1.82) is 0 Å². The van der Waals surface area contributed by atoms with Gasteiger partial charge in [0.25, 0.3) is 0 Å². The molecule has 1 N–H and O–H groups in total. The fraction of sp³-hybridized carbons (Fsp3) is 0.143. The second-order valence-corrected chi connectivity index (χ2v) is 4.34. The van der Waals surface area contributed by atoms with E-state index in [9.17, 15) is 20.0 Å². The van der Waals surface area contributed by atoms with Crippen LogP contribution in [0, 0.1) is 17.0 Å². The second kappa shape index (κ2) is 5.48. The number of hydrogen-bond donors (Lipinski definition) is 1. The van der Waals surface area contributed by atoms with Gasteiger partial charge < -0.3 is 5.11 Å². The Morgan fingerprint density at radius 3 is 2.75 bits per heavy atom. The van der Waals surface area contributed by atoms with Gasteiger partial charge in [-0.25, -0.2) is 0 Å². The van der Waals surface area contributed by atoms with E-state index in [0.717, 1.165) is 5.69 Å². The number of pyridine rings is 1. The van der Waals surface area contributed by atoms with Gasteiger partial charge in [-0.1, -0.05) is 12.1 Å². The number of hydrogen-bond acceptors (Lipinski definition) is 5. The van der Waals surface area contributed by atoms with Crippen molar-refractivity contribution >= 4 is 11.5 Å². The molecule has 0 fully saturated rings. The van der Waals surface area contributed by atoms with Crippen LogP contribution in [0.25, 0.3) is 0 Å². The first-order valence-corrected chi connectivity index (χ1v) is 5.90. The number of nitrogens with zero attached hydrogens (tertiary/aromatic N) is 2. The zero-order valence-corrected chi connectivity index (χ0v) is 10.7. The summed E-state index contributed by atoms with van der Waals surface area (Å²) in [6.45, 7) is 1.78. The molecule has 1 aromatic carbocycles. The summed E-state index contributed by atoms with van der Waals surface area (Å²) in [4.78, 5) is 26.2. The molecule has 0 atom stereocenters. The van der Waals surface area contributed by atoms with Crippen molar-refractivity contribution in [3.63, 3.8) is 0 Å². The minimum Gasteiger partial charge on any atom is -0.502 e. The molecule has 102 valence electrons. The minimum atomic E-state index is -0.686. The summed E-state index contributed by atoms with van der Waals surface area (Å²) in [5.74, 6) is -0.645. The van der Waals surface area contributed by atoms with Crippen LogP contribution < -0.4 is 0 Å². The smallest absolute Gasteiger partial charge is 0.310 e. The lowest BCUT2D eigenvalue weighted by Crippen LogP contribution is -2.06. The SMILES string of the molecule is Cc1cccc(C(=O)Cc2ccc(O)c([N+](=O)[O-])c2)n1. The quantitative estimate of drug-likeness (QED) is 0.524. The summed E-state index contributed by atoms with van der Waals surface area (Å²) in [6.07, 6.45) is -0.00241. The molecule has 6 nitrogen and oxygen atoms in total. The van der Waals surface area contributed by atoms with Gasteiger partial charge in [-0.05, 0) is 30.7 Å². The van der Waals surface area contributed by atoms with Gasteiger partial charge in [-0.2, -0.15) is 0 Å². The minimum absolute atomic E-state index is 0.00241. The Balaban J connectivity index is 2.24. The maximum atomic E-state index is 12.0. The molecule has 0 aliphatic heterocycles. The number of aromatic nitrogens is 1. The molecule has 6 heteroatoms. The van der Waals surface area contributed by atoms with E-state index in [2.05, 4.69) is 4.98 Å². The van der Waals surface area contributed by atoms with Gasteiger partial charge in [0.1, 0.15) is 5.69 Å². The van der Waals surface area contributed by atoms with Crippen molar-refractivity contribution in [2.24, 2.45) is 0 Å². The van der Waals surface area contributed by atoms with Crippen LogP contribution in [-0.2, 0) is 6.42 Å². The number of ketones is 1. The molecule has 0 saturated heterocycles. The third kappa shape index (κ3) is 2.97. The van der Waals surface area contributed by atoms with Gasteiger partial charge >= 0.3 is 5.69 Å². The van der Waals surface area contributed by atoms with Crippen molar-refractivity contribution in [3.8, 4) is 5.75 Å². The summed E-state index contributed by atoms with van der Waals surface area (Å²) >= 11 is 0. The van der Waals surface area contributed by atoms with Crippen LogP contribution in [0.15, 0.2) is 36.4 Å². The highest BCUT2D eigenvalue weighted by atomic mass is 16.6. The number of phenols is 1. The lowest BCUT2D eigenvalue weighted by Gasteiger charge is -2.03. The zero-order chi connectivity index (χ0) is 14.7. The molecule has 2 aromatic rings. The molecule has 20 heavy (non-hydrogen) atoms. The van der Waals surface area contributed by atoms with Crippen molar-refractivity contribution in [2.45, 2.75) is 13.3 Å². The average Bonchev–Trinajstić information content (AvgIpc) is 2.40. The molecule has 0 saturated carbocycles. The van der Waals surface area contributed by atoms with Gasteiger partial charge in [-0.15, -0.1) is 0 Å². The Labute approximate surface area is 114 Å². The monoisotopic (exact) mass is 272 g/mol. The predicted octanol–water partition coefficient (Wildman–Crippen LogP) is 2.43. The van der Waals surface area contributed by atoms with E-state index in [1.807, 2.05) is 0 Å². The fourth-order valence-electron chi connectivity index (χ4n) is 1.80. The van der Waals surface area contributed by atoms with Crippen LogP contribution in [-0.4, -0.2) is 20.8 Å². The summed E-state index contributed by atoms with van der Waals surface area (Å²) in [5, 5.41) is 20.1. The largest absolute Gasteiger partial charge is 0.502 e. The lowest BCUT2D eigenvalue weighted by atomic mass is 10.1. The molecule has 2 rings (SSSR count). The number of rotatable bonds is 4. The van der Waals surface area contributed by atoms with Gasteiger partial charge in [0.05, 0.1) is 4.92 Å². The number of aromatic hydroxyl groups is 1. The summed E-state index contributed by atoms with van der Waals surface area (Å²) in [6, 6.07) is 9.00. The van der Waals surface area contributed by atoms with E-state index in [4.69, 9.17) is 0 Å². The zero-order valence-electron chi connectivity index (χ0n) is 10.7. The first kappa shape index (κ1) is 13.7. The molecular formula is C14H12N2O4. The first-order chi connectivity index (χ1) is 9.47. The van der Waals surface area contributed by atoms with Crippen LogP contribution in [0.1, 0.15) is 21.7 Å². The number of Topliss-reactive ketones (excluding diaryl/α,β-unsaturated/α-hetero) is 1. The van der Waals surface area contributed by atoms with Crippen LogP contribution in [0.4, 0.5) is 5.69 Å². The highest BCUT2D eigenvalue weighted by molar-refractivity contribution is 5.95. The summed E-state index contributed by atoms with van der Waals surface area (Å²) < 4.78 is 0. The number of benzene rings is 1. The van der Waals surface area contributed by atoms with Crippen LogP contribution >= 0.6 is 0 Å². The standard InChI is InChI=1S/C14H12N2O4/c1-9-3-2-4-11(15-9)14(18)8-10-5-6-13(17)12(7-10)16(19)20/h2-7,17H,8H2,1H3. The molecule has 0 aliphatic rings. The van der Waals surface area contributed by atoms with E-state index in [1.54, 1.807) is 25.1 Å². The normalized spacial score (nSPS) is 10.2. The van der Waals surface area contributed by atoms with E-state index in [-0.39, 0.29) is 12.2 Å². The van der Waals surface area contributed by atoms with Crippen LogP contribution in [0.2, 0.25) is 0 Å². The van der Waals surface area contributed by atoms with E-state index in [0.29, 0.717) is 11.3 Å². The summed E-state index contributed by atoms with van der Waals surface area (Å²) in [5.41, 5.74) is 1.10. The molecular weight excluding hydrogens is 260 g/mol. The van der Waals surface area contributed by atoms with Crippen molar-refractivity contribution in [3.05, 3.63) is 63.5 Å². The van der Waals surface area contributed by atoms with Gasteiger partial charge in [-0.3, -0.25) is 19.9 Å². The molecule has 0 bridgehead atoms. The molecule has 0 unspecified atom stereocenters. The third-order valence-corrected chi connectivity index (χ3v) is 2.78. The highest BCUT2D eigenvalue weighted by Gasteiger charge is 2.16. The molecule has 0 radical (unpaired) electrons. The first-order valence-electron chi connectivity index (χ1n) is 5.90. The number of nitro benzene ring substituents is 1. The van der Waals surface area contributed by atoms with Gasteiger partial charge in [0, 0.05) is 18.2 Å². The number of aryl methyl sites for hydroxylation is 1. The Bertz CT molecular complexity index is 683. The lowest BCUT2D eigenvalue weighted by molar-refractivity contribution is -0.385. The van der Waals surface area contributed by atoms with E-state index < -0.39 is 16.4 Å².